The fourth-order valence-corrected chi connectivity index (χ4v) is 6.10. The molecule has 1 heterocycles. The van der Waals surface area contributed by atoms with Crippen molar-refractivity contribution in [1.29, 1.82) is 0 Å². The van der Waals surface area contributed by atoms with Crippen molar-refractivity contribution in [3.05, 3.63) is 78.4 Å². The van der Waals surface area contributed by atoms with Gasteiger partial charge in [-0.15, -0.1) is 6.58 Å². The average Bonchev–Trinajstić information content (AvgIpc) is 3.16. The Bertz CT molecular complexity index is 1030. The third kappa shape index (κ3) is 7.02. The minimum Gasteiger partial charge on any atom is -0.376 e. The smallest absolute Gasteiger partial charge is 0.297 e. The van der Waals surface area contributed by atoms with Crippen LogP contribution in [-0.2, 0) is 35.1 Å². The van der Waals surface area contributed by atoms with Crippen LogP contribution in [0.1, 0.15) is 43.2 Å². The van der Waals surface area contributed by atoms with E-state index in [1.165, 1.54) is 0 Å². The minimum atomic E-state index is -3.92. The molecule has 0 N–H and O–H groups in total. The van der Waals surface area contributed by atoms with Crippen LogP contribution < -0.4 is 0 Å². The summed E-state index contributed by atoms with van der Waals surface area (Å²) in [6, 6.07) is 16.7. The maximum atomic E-state index is 13.1. The zero-order valence-electron chi connectivity index (χ0n) is 20.4. The summed E-state index contributed by atoms with van der Waals surface area (Å²) in [6.45, 7) is 7.44. The van der Waals surface area contributed by atoms with E-state index in [1.54, 1.807) is 24.3 Å². The molecule has 1 saturated heterocycles. The number of aryl methyl sites for hydroxylation is 1. The number of rotatable bonds is 11. The Morgan fingerprint density at radius 3 is 2.49 bits per heavy atom. The molecule has 1 saturated carbocycles. The van der Waals surface area contributed by atoms with E-state index in [0.717, 1.165) is 30.4 Å². The van der Waals surface area contributed by atoms with Crippen molar-refractivity contribution < 1.29 is 26.8 Å². The molecule has 0 spiro atoms. The number of allylic oxidation sites excluding steroid dienone is 1. The maximum absolute atomic E-state index is 13.1. The monoisotopic (exact) mass is 500 g/mol. The van der Waals surface area contributed by atoms with Crippen LogP contribution in [0, 0.1) is 18.8 Å². The van der Waals surface area contributed by atoms with Gasteiger partial charge in [-0.05, 0) is 56.2 Å². The zero-order chi connectivity index (χ0) is 24.7. The predicted molar refractivity (Wildman–Crippen MR) is 134 cm³/mol. The number of benzene rings is 2. The third-order valence-electron chi connectivity index (χ3n) is 6.85. The molecule has 1 aliphatic heterocycles. The first-order valence-electron chi connectivity index (χ1n) is 12.5. The lowest BCUT2D eigenvalue weighted by molar-refractivity contribution is -0.199. The van der Waals surface area contributed by atoms with Crippen molar-refractivity contribution in [3.8, 4) is 0 Å². The normalized spacial score (nSPS) is 27.1. The Kier molecular flexibility index (Phi) is 9.14. The zero-order valence-corrected chi connectivity index (χ0v) is 21.2. The molecule has 2 aromatic carbocycles. The maximum Gasteiger partial charge on any atom is 0.297 e. The van der Waals surface area contributed by atoms with Gasteiger partial charge in [0.15, 0.2) is 6.29 Å². The van der Waals surface area contributed by atoms with Crippen LogP contribution in [0.25, 0.3) is 0 Å². The highest BCUT2D eigenvalue weighted by molar-refractivity contribution is 7.86. The average molecular weight is 501 g/mol. The van der Waals surface area contributed by atoms with Gasteiger partial charge in [-0.3, -0.25) is 4.18 Å². The molecule has 6 nitrogen and oxygen atoms in total. The predicted octanol–water partition coefficient (Wildman–Crippen LogP) is 5.41. The van der Waals surface area contributed by atoms with Gasteiger partial charge in [0.05, 0.1) is 30.3 Å². The van der Waals surface area contributed by atoms with E-state index >= 15 is 0 Å². The summed E-state index contributed by atoms with van der Waals surface area (Å²) < 4.78 is 50.4. The van der Waals surface area contributed by atoms with Crippen LogP contribution in [0.2, 0.25) is 0 Å². The second kappa shape index (κ2) is 12.3. The highest BCUT2D eigenvalue weighted by Crippen LogP contribution is 2.41. The van der Waals surface area contributed by atoms with Gasteiger partial charge in [-0.1, -0.05) is 54.1 Å². The van der Waals surface area contributed by atoms with Gasteiger partial charge in [0.1, 0.15) is 0 Å². The molecule has 0 bridgehead atoms. The van der Waals surface area contributed by atoms with Gasteiger partial charge in [-0.25, -0.2) is 0 Å². The van der Waals surface area contributed by atoms with Crippen molar-refractivity contribution in [3.63, 3.8) is 0 Å². The quantitative estimate of drug-likeness (QED) is 0.304. The Hall–Kier alpha value is -2.03. The molecule has 190 valence electrons. The largest absolute Gasteiger partial charge is 0.376 e. The second-order valence-corrected chi connectivity index (χ2v) is 11.0. The van der Waals surface area contributed by atoms with E-state index in [2.05, 4.69) is 6.58 Å². The van der Waals surface area contributed by atoms with Crippen LogP contribution in [-0.4, -0.2) is 40.1 Å². The lowest BCUT2D eigenvalue weighted by Gasteiger charge is -2.30. The van der Waals surface area contributed by atoms with Crippen LogP contribution >= 0.6 is 0 Å². The van der Waals surface area contributed by atoms with E-state index in [-0.39, 0.29) is 29.1 Å². The van der Waals surface area contributed by atoms with Gasteiger partial charge in [0, 0.05) is 18.9 Å². The molecule has 1 unspecified atom stereocenters. The first kappa shape index (κ1) is 26.0. The molecule has 5 atom stereocenters. The topological polar surface area (TPSA) is 71.1 Å². The fourth-order valence-electron chi connectivity index (χ4n) is 4.97. The van der Waals surface area contributed by atoms with Crippen LogP contribution in [0.4, 0.5) is 0 Å². The minimum absolute atomic E-state index is 0.0412. The standard InChI is InChI=1S/C28H36O6S/c1-3-9-24-25(20-31-19-22-10-5-4-6-11-22)26(33-28-12-7-8-17-32-28)18-27(24)34-35(29,30)23-15-13-21(2)14-16-23/h3-6,10-11,13-16,24-28H,1,7-9,12,17-20H2,2H3/t24-,25-,26-,27+,28?/m1/s1. The molecule has 2 fully saturated rings. The molecular formula is C28H36O6S. The van der Waals surface area contributed by atoms with Gasteiger partial charge >= 0.3 is 0 Å². The second-order valence-electron chi connectivity index (χ2n) is 9.46. The summed E-state index contributed by atoms with van der Waals surface area (Å²) >= 11 is 0. The van der Waals surface area contributed by atoms with E-state index in [1.807, 2.05) is 43.3 Å². The molecule has 4 rings (SSSR count). The molecule has 2 aliphatic rings. The number of hydrogen-bond donors (Lipinski definition) is 0. The highest BCUT2D eigenvalue weighted by atomic mass is 32.2. The Morgan fingerprint density at radius 1 is 1.03 bits per heavy atom. The molecule has 2 aromatic rings. The van der Waals surface area contributed by atoms with Crippen LogP contribution in [0.15, 0.2) is 72.1 Å². The lowest BCUT2D eigenvalue weighted by Crippen LogP contribution is -2.33. The van der Waals surface area contributed by atoms with E-state index in [0.29, 0.717) is 32.7 Å². The van der Waals surface area contributed by atoms with Crippen molar-refractivity contribution >= 4 is 10.1 Å². The first-order chi connectivity index (χ1) is 17.0. The summed E-state index contributed by atoms with van der Waals surface area (Å²) in [5.41, 5.74) is 2.08. The van der Waals surface area contributed by atoms with Crippen molar-refractivity contribution in [2.75, 3.05) is 13.2 Å². The SMILES string of the molecule is C=CC[C@@H]1[C@@H](COCc2ccccc2)[C@H](OC2CCCCO2)C[C@@H]1OS(=O)(=O)c1ccc(C)cc1. The van der Waals surface area contributed by atoms with Gasteiger partial charge in [0.2, 0.25) is 0 Å². The summed E-state index contributed by atoms with van der Waals surface area (Å²) in [7, 11) is -3.92. The third-order valence-corrected chi connectivity index (χ3v) is 8.20. The van der Waals surface area contributed by atoms with Gasteiger partial charge < -0.3 is 14.2 Å². The van der Waals surface area contributed by atoms with Crippen LogP contribution in [0.3, 0.4) is 0 Å². The molecule has 0 amide bonds. The summed E-state index contributed by atoms with van der Waals surface area (Å²) in [4.78, 5) is 0.164. The molecule has 35 heavy (non-hydrogen) atoms. The van der Waals surface area contributed by atoms with Crippen molar-refractivity contribution in [2.45, 2.75) is 69.0 Å². The van der Waals surface area contributed by atoms with E-state index in [4.69, 9.17) is 18.4 Å². The van der Waals surface area contributed by atoms with Crippen LogP contribution in [0.5, 0.6) is 0 Å². The van der Waals surface area contributed by atoms with Gasteiger partial charge in [-0.2, -0.15) is 8.42 Å². The molecule has 0 aromatic heterocycles. The van der Waals surface area contributed by atoms with E-state index in [9.17, 15) is 8.42 Å². The summed E-state index contributed by atoms with van der Waals surface area (Å²) in [5, 5.41) is 0. The molecule has 7 heteroatoms. The molecule has 1 aliphatic carbocycles. The van der Waals surface area contributed by atoms with Gasteiger partial charge in [0.25, 0.3) is 10.1 Å². The van der Waals surface area contributed by atoms with Crippen molar-refractivity contribution in [1.82, 2.24) is 0 Å². The van der Waals surface area contributed by atoms with E-state index < -0.39 is 16.2 Å². The Labute approximate surface area is 209 Å². The Balaban J connectivity index is 1.51. The Morgan fingerprint density at radius 2 is 1.80 bits per heavy atom. The highest BCUT2D eigenvalue weighted by Gasteiger charge is 2.47. The number of ether oxygens (including phenoxy) is 3. The number of hydrogen-bond acceptors (Lipinski definition) is 6. The van der Waals surface area contributed by atoms with Crippen molar-refractivity contribution in [2.24, 2.45) is 11.8 Å². The first-order valence-corrected chi connectivity index (χ1v) is 13.9. The fraction of sp³-hybridized carbons (Fsp3) is 0.500. The summed E-state index contributed by atoms with van der Waals surface area (Å²) in [6.07, 6.45) is 4.80. The lowest BCUT2D eigenvalue weighted by atomic mass is 9.91. The molecule has 0 radical (unpaired) electrons. The molecular weight excluding hydrogens is 464 g/mol. The summed E-state index contributed by atoms with van der Waals surface area (Å²) in [5.74, 6) is -0.141.